The Morgan fingerprint density at radius 1 is 0.676 bits per heavy atom. The molecule has 1 unspecified atom stereocenters. The highest BCUT2D eigenvalue weighted by Gasteiger charge is 2.19. The molecular formula is C26H47N3O5. The first-order valence-electron chi connectivity index (χ1n) is 13.1. The summed E-state index contributed by atoms with van der Waals surface area (Å²) in [5.74, 6) is 0.195. The van der Waals surface area contributed by atoms with Crippen molar-refractivity contribution in [2.45, 2.75) is 123 Å². The molecule has 0 rings (SSSR count). The van der Waals surface area contributed by atoms with E-state index in [4.69, 9.17) is 0 Å². The molecular weight excluding hydrogens is 434 g/mol. The number of hydrogen-bond acceptors (Lipinski definition) is 5. The minimum absolute atomic E-state index is 0.0348. The number of hydrogen-bond donors (Lipinski definition) is 3. The summed E-state index contributed by atoms with van der Waals surface area (Å²) in [6.45, 7) is 3.91. The van der Waals surface area contributed by atoms with Gasteiger partial charge in [-0.3, -0.25) is 24.0 Å². The fourth-order valence-electron chi connectivity index (χ4n) is 3.69. The van der Waals surface area contributed by atoms with Gasteiger partial charge in [-0.1, -0.05) is 32.6 Å². The molecule has 0 aromatic rings. The van der Waals surface area contributed by atoms with Crippen molar-refractivity contribution in [3.05, 3.63) is 0 Å². The second-order valence-electron chi connectivity index (χ2n) is 8.96. The van der Waals surface area contributed by atoms with Crippen molar-refractivity contribution in [2.24, 2.45) is 0 Å². The number of carbonyl (C=O) groups excluding carboxylic acids is 5. The van der Waals surface area contributed by atoms with E-state index in [0.717, 1.165) is 64.2 Å². The summed E-state index contributed by atoms with van der Waals surface area (Å²) in [6, 6.07) is -0.488. The third-order valence-corrected chi connectivity index (χ3v) is 5.88. The molecule has 196 valence electrons. The molecule has 0 saturated heterocycles. The summed E-state index contributed by atoms with van der Waals surface area (Å²) in [4.78, 5) is 58.8. The summed E-state index contributed by atoms with van der Waals surface area (Å²) < 4.78 is 0. The Hall–Kier alpha value is -2.25. The van der Waals surface area contributed by atoms with E-state index in [-0.39, 0.29) is 29.3 Å². The first-order chi connectivity index (χ1) is 16.3. The summed E-state index contributed by atoms with van der Waals surface area (Å²) in [6.07, 6.45) is 11.4. The van der Waals surface area contributed by atoms with E-state index >= 15 is 0 Å². The van der Waals surface area contributed by atoms with E-state index in [9.17, 15) is 24.0 Å². The van der Waals surface area contributed by atoms with E-state index < -0.39 is 6.04 Å². The Labute approximate surface area is 205 Å². The van der Waals surface area contributed by atoms with E-state index in [0.29, 0.717) is 45.1 Å². The predicted molar refractivity (Wildman–Crippen MR) is 134 cm³/mol. The smallest absolute Gasteiger partial charge is 0.220 e. The molecule has 0 bridgehead atoms. The zero-order chi connectivity index (χ0) is 25.6. The van der Waals surface area contributed by atoms with Gasteiger partial charge in [0.25, 0.3) is 0 Å². The second-order valence-corrected chi connectivity index (χ2v) is 8.96. The van der Waals surface area contributed by atoms with E-state index in [1.54, 1.807) is 7.05 Å². The molecule has 34 heavy (non-hydrogen) atoms. The molecule has 0 aliphatic carbocycles. The number of unbranched alkanes of at least 4 members (excludes halogenated alkanes) is 7. The molecule has 0 aromatic carbocycles. The number of nitrogens with one attached hydrogen (secondary N) is 3. The van der Waals surface area contributed by atoms with Crippen molar-refractivity contribution in [1.29, 1.82) is 0 Å². The van der Waals surface area contributed by atoms with Crippen LogP contribution < -0.4 is 16.0 Å². The van der Waals surface area contributed by atoms with Crippen LogP contribution in [0, 0.1) is 0 Å². The van der Waals surface area contributed by atoms with Crippen molar-refractivity contribution in [3.8, 4) is 0 Å². The Morgan fingerprint density at radius 3 is 1.79 bits per heavy atom. The Balaban J connectivity index is 4.35. The second kappa shape index (κ2) is 21.3. The zero-order valence-corrected chi connectivity index (χ0v) is 21.6. The summed E-state index contributed by atoms with van der Waals surface area (Å²) in [5, 5.41) is 8.28. The predicted octanol–water partition coefficient (Wildman–Crippen LogP) is 3.75. The lowest BCUT2D eigenvalue weighted by Crippen LogP contribution is -2.40. The molecule has 0 aliphatic rings. The van der Waals surface area contributed by atoms with Gasteiger partial charge in [-0.2, -0.15) is 0 Å². The highest BCUT2D eigenvalue weighted by molar-refractivity contribution is 5.89. The maximum Gasteiger partial charge on any atom is 0.220 e. The van der Waals surface area contributed by atoms with Crippen LogP contribution in [0.1, 0.15) is 117 Å². The number of carbonyl (C=O) groups is 5. The molecule has 3 amide bonds. The molecule has 3 N–H and O–H groups in total. The number of ketones is 2. The monoisotopic (exact) mass is 481 g/mol. The number of rotatable bonds is 22. The fourth-order valence-corrected chi connectivity index (χ4v) is 3.69. The lowest BCUT2D eigenvalue weighted by molar-refractivity contribution is -0.128. The Bertz CT molecular complexity index is 622. The topological polar surface area (TPSA) is 121 Å². The van der Waals surface area contributed by atoms with E-state index in [2.05, 4.69) is 16.0 Å². The van der Waals surface area contributed by atoms with Crippen molar-refractivity contribution < 1.29 is 24.0 Å². The van der Waals surface area contributed by atoms with Crippen molar-refractivity contribution in [1.82, 2.24) is 16.0 Å². The first-order valence-corrected chi connectivity index (χ1v) is 13.1. The average molecular weight is 482 g/mol. The third kappa shape index (κ3) is 19.2. The van der Waals surface area contributed by atoms with Gasteiger partial charge >= 0.3 is 0 Å². The van der Waals surface area contributed by atoms with Crippen molar-refractivity contribution in [3.63, 3.8) is 0 Å². The van der Waals surface area contributed by atoms with Crippen LogP contribution in [0.5, 0.6) is 0 Å². The van der Waals surface area contributed by atoms with Crippen molar-refractivity contribution in [2.75, 3.05) is 13.6 Å². The molecule has 0 aliphatic heterocycles. The highest BCUT2D eigenvalue weighted by atomic mass is 16.2. The molecule has 1 atom stereocenters. The average Bonchev–Trinajstić information content (AvgIpc) is 2.81. The normalized spacial score (nSPS) is 11.5. The summed E-state index contributed by atoms with van der Waals surface area (Å²) >= 11 is 0. The van der Waals surface area contributed by atoms with Gasteiger partial charge in [-0.25, -0.2) is 0 Å². The minimum Gasteiger partial charge on any atom is -0.359 e. The molecule has 0 fully saturated rings. The third-order valence-electron chi connectivity index (χ3n) is 5.88. The quantitative estimate of drug-likeness (QED) is 0.203. The van der Waals surface area contributed by atoms with Gasteiger partial charge in [0.1, 0.15) is 5.78 Å². The standard InChI is InChI=1S/C26H47N3O5/c1-4-22(31)15-9-5-7-12-19-26(34)29-23(16-13-14-20-28-21(2)30)24(32)17-10-6-8-11-18-25(33)27-3/h23H,4-20H2,1-3H3,(H,27,33)(H,28,30)(H,29,34). The molecule has 0 aromatic heterocycles. The minimum atomic E-state index is -0.488. The van der Waals surface area contributed by atoms with Crippen LogP contribution in [0.25, 0.3) is 0 Å². The van der Waals surface area contributed by atoms with Crippen LogP contribution in [0.4, 0.5) is 0 Å². The summed E-state index contributed by atoms with van der Waals surface area (Å²) in [5.41, 5.74) is 0. The van der Waals surface area contributed by atoms with Gasteiger partial charge in [0.2, 0.25) is 17.7 Å². The van der Waals surface area contributed by atoms with Gasteiger partial charge in [0.15, 0.2) is 5.78 Å². The van der Waals surface area contributed by atoms with Crippen molar-refractivity contribution >= 4 is 29.3 Å². The lowest BCUT2D eigenvalue weighted by atomic mass is 9.99. The van der Waals surface area contributed by atoms with Gasteiger partial charge < -0.3 is 16.0 Å². The molecule has 8 heteroatoms. The highest BCUT2D eigenvalue weighted by Crippen LogP contribution is 2.12. The lowest BCUT2D eigenvalue weighted by Gasteiger charge is -2.18. The maximum absolute atomic E-state index is 12.8. The number of Topliss-reactive ketones (excluding diaryl/α,β-unsaturated/α-hetero) is 2. The van der Waals surface area contributed by atoms with Gasteiger partial charge in [0, 0.05) is 52.6 Å². The van der Waals surface area contributed by atoms with Gasteiger partial charge in [-0.15, -0.1) is 0 Å². The largest absolute Gasteiger partial charge is 0.359 e. The van der Waals surface area contributed by atoms with Gasteiger partial charge in [0.05, 0.1) is 6.04 Å². The van der Waals surface area contributed by atoms with Crippen LogP contribution in [0.15, 0.2) is 0 Å². The SMILES string of the molecule is CCC(=O)CCCCCCC(=O)NC(CCCCNC(C)=O)C(=O)CCCCCCC(=O)NC. The van der Waals surface area contributed by atoms with E-state index in [1.165, 1.54) is 6.92 Å². The molecule has 0 radical (unpaired) electrons. The van der Waals surface area contributed by atoms with Crippen LogP contribution in [0.3, 0.4) is 0 Å². The van der Waals surface area contributed by atoms with Crippen LogP contribution >= 0.6 is 0 Å². The fraction of sp³-hybridized carbons (Fsp3) is 0.808. The molecule has 0 spiro atoms. The Kier molecular flexibility index (Phi) is 19.9. The first kappa shape index (κ1) is 31.8. The Morgan fingerprint density at radius 2 is 1.24 bits per heavy atom. The molecule has 8 nitrogen and oxygen atoms in total. The van der Waals surface area contributed by atoms with Crippen LogP contribution in [-0.2, 0) is 24.0 Å². The summed E-state index contributed by atoms with van der Waals surface area (Å²) in [7, 11) is 1.63. The zero-order valence-electron chi connectivity index (χ0n) is 21.6. The maximum atomic E-state index is 12.8. The number of amides is 3. The van der Waals surface area contributed by atoms with Gasteiger partial charge in [-0.05, 0) is 44.9 Å². The van der Waals surface area contributed by atoms with Crippen LogP contribution in [0.2, 0.25) is 0 Å². The molecule has 0 saturated carbocycles. The van der Waals surface area contributed by atoms with E-state index in [1.807, 2.05) is 6.92 Å². The van der Waals surface area contributed by atoms with Crippen LogP contribution in [-0.4, -0.2) is 48.9 Å². The molecule has 0 heterocycles.